The second kappa shape index (κ2) is 12.0. The molecule has 2 radical (unpaired) electrons. The van der Waals surface area contributed by atoms with Crippen LogP contribution in [0.5, 0.6) is 0 Å². The Hall–Kier alpha value is -0.421. The summed E-state index contributed by atoms with van der Waals surface area (Å²) in [6.07, 6.45) is 0. The summed E-state index contributed by atoms with van der Waals surface area (Å²) >= 11 is 5.54. The van der Waals surface area contributed by atoms with E-state index in [0.29, 0.717) is 15.8 Å². The summed E-state index contributed by atoms with van der Waals surface area (Å²) in [6.45, 7) is 0. The molecule has 0 aliphatic rings. The molecule has 0 saturated heterocycles. The minimum absolute atomic E-state index is 0.0700. The topological polar surface area (TPSA) is 121 Å². The van der Waals surface area contributed by atoms with Crippen molar-refractivity contribution in [1.29, 1.82) is 0 Å². The van der Waals surface area contributed by atoms with E-state index in [0.717, 1.165) is 4.47 Å². The Morgan fingerprint density at radius 1 is 0.913 bits per heavy atom. The molecule has 6 N–H and O–H groups in total. The molecule has 0 atom stereocenters. The van der Waals surface area contributed by atoms with Crippen molar-refractivity contribution >= 4 is 91.3 Å². The van der Waals surface area contributed by atoms with Crippen molar-refractivity contribution in [2.45, 2.75) is 0 Å². The number of nitrogen functional groups attached to an aromatic ring is 3. The van der Waals surface area contributed by atoms with Crippen LogP contribution >= 0.6 is 49.7 Å². The van der Waals surface area contributed by atoms with E-state index < -0.39 is 23.8 Å². The number of anilines is 3. The van der Waals surface area contributed by atoms with Crippen LogP contribution in [0.1, 0.15) is 0 Å². The van der Waals surface area contributed by atoms with Crippen LogP contribution in [0.15, 0.2) is 45.3 Å². The summed E-state index contributed by atoms with van der Waals surface area (Å²) in [5.74, 6) is 0. The molecule has 0 unspecified atom stereocenters. The summed E-state index contributed by atoms with van der Waals surface area (Å²) in [5.41, 5.74) is 17.6. The van der Waals surface area contributed by atoms with Crippen LogP contribution in [0.3, 0.4) is 0 Å². The second-order valence-corrected chi connectivity index (χ2v) is 9.88. The third-order valence-corrected chi connectivity index (χ3v) is 3.22. The molecule has 0 amide bonds. The molecule has 2 aromatic carbocycles. The number of nitrogens with zero attached hydrogens (tertiary/aromatic N) is 1. The van der Waals surface area contributed by atoms with Gasteiger partial charge in [-0.2, -0.15) is 0 Å². The molecule has 124 valence electrons. The number of hydrogen-bond acceptors (Lipinski definition) is 5. The number of nitro groups is 1. The number of hydrogen-bond donors (Lipinski definition) is 3. The Kier molecular flexibility index (Phi) is 11.8. The molecule has 6 nitrogen and oxygen atoms in total. The molecule has 0 fully saturated rings. The second-order valence-electron chi connectivity index (χ2n) is 3.80. The van der Waals surface area contributed by atoms with Gasteiger partial charge in [0.25, 0.3) is 5.69 Å². The third-order valence-electron chi connectivity index (χ3n) is 2.24. The first kappa shape index (κ1) is 22.6. The molecule has 11 heteroatoms. The van der Waals surface area contributed by atoms with Crippen molar-refractivity contribution in [1.82, 2.24) is 0 Å². The third kappa shape index (κ3) is 9.45. The molecule has 2 rings (SSSR count). The molecule has 23 heavy (non-hydrogen) atoms. The van der Waals surface area contributed by atoms with Gasteiger partial charge in [0.1, 0.15) is 5.69 Å². The van der Waals surface area contributed by atoms with Crippen LogP contribution < -0.4 is 17.2 Å². The van der Waals surface area contributed by atoms with E-state index in [2.05, 4.69) is 31.9 Å². The van der Waals surface area contributed by atoms with Gasteiger partial charge >= 0.3 is 36.7 Å². The van der Waals surface area contributed by atoms with Gasteiger partial charge in [-0.05, 0) is 30.3 Å². The molecular formula is C12H12Br2Cl2N4O2Sn. The van der Waals surface area contributed by atoms with Gasteiger partial charge in [-0.25, -0.2) is 0 Å². The van der Waals surface area contributed by atoms with Crippen LogP contribution in [0.2, 0.25) is 0 Å². The Morgan fingerprint density at radius 3 is 1.70 bits per heavy atom. The molecule has 2 aromatic rings. The van der Waals surface area contributed by atoms with Crippen molar-refractivity contribution in [3.05, 3.63) is 55.5 Å². The van der Waals surface area contributed by atoms with Gasteiger partial charge in [0, 0.05) is 15.0 Å². The molecular weight excluding hydrogens is 582 g/mol. The van der Waals surface area contributed by atoms with Gasteiger partial charge in [0.2, 0.25) is 0 Å². The predicted molar refractivity (Wildman–Crippen MR) is 106 cm³/mol. The first-order valence-electron chi connectivity index (χ1n) is 5.69. The summed E-state index contributed by atoms with van der Waals surface area (Å²) < 4.78 is 1.60. The van der Waals surface area contributed by atoms with E-state index in [1.54, 1.807) is 18.2 Å². The van der Waals surface area contributed by atoms with Crippen LogP contribution in [0.25, 0.3) is 0 Å². The van der Waals surface area contributed by atoms with Crippen LogP contribution in [0.4, 0.5) is 22.7 Å². The fourth-order valence-electron chi connectivity index (χ4n) is 1.22. The van der Waals surface area contributed by atoms with Gasteiger partial charge in [0.05, 0.1) is 16.3 Å². The van der Waals surface area contributed by atoms with Crippen LogP contribution in [-0.4, -0.2) is 23.8 Å². The Bertz CT molecular complexity index is 665. The van der Waals surface area contributed by atoms with E-state index in [1.165, 1.54) is 12.1 Å². The molecule has 0 heterocycles. The maximum atomic E-state index is 10.3. The van der Waals surface area contributed by atoms with Gasteiger partial charge in [-0.3, -0.25) is 10.1 Å². The van der Waals surface area contributed by atoms with E-state index in [4.69, 9.17) is 35.0 Å². The first-order chi connectivity index (χ1) is 10.7. The van der Waals surface area contributed by atoms with E-state index >= 15 is 0 Å². The monoisotopic (exact) mass is 592 g/mol. The number of benzene rings is 2. The normalized spacial score (nSPS) is 9.04. The molecule has 0 spiro atoms. The van der Waals surface area contributed by atoms with Crippen LogP contribution in [0, 0.1) is 10.1 Å². The molecule has 0 bridgehead atoms. The summed E-state index contributed by atoms with van der Waals surface area (Å²) in [5, 5.41) is 10.3. The van der Waals surface area contributed by atoms with E-state index in [9.17, 15) is 10.1 Å². The fraction of sp³-hybridized carbons (Fsp3) is 0. The Labute approximate surface area is 167 Å². The van der Waals surface area contributed by atoms with Crippen molar-refractivity contribution in [2.75, 3.05) is 17.2 Å². The van der Waals surface area contributed by atoms with Crippen molar-refractivity contribution in [2.24, 2.45) is 0 Å². The van der Waals surface area contributed by atoms with E-state index in [1.807, 2.05) is 6.07 Å². The predicted octanol–water partition coefficient (Wildman–Crippen LogP) is 4.55. The zero-order chi connectivity index (χ0) is 18.0. The molecule has 0 saturated carbocycles. The maximum absolute atomic E-state index is 10.3. The SMILES string of the molecule is Nc1ccc(Br)cc1N.Nc1ccc(Br)cc1[N+](=O)[O-].[Cl][Sn][Cl]. The summed E-state index contributed by atoms with van der Waals surface area (Å²) in [6, 6.07) is 9.90. The Balaban J connectivity index is 0.000000365. The minimum atomic E-state index is -0.826. The number of rotatable bonds is 1. The molecule has 0 aliphatic heterocycles. The quantitative estimate of drug-likeness (QED) is 0.194. The Morgan fingerprint density at radius 2 is 1.35 bits per heavy atom. The zero-order valence-corrected chi connectivity index (χ0v) is 19.0. The van der Waals surface area contributed by atoms with Crippen molar-refractivity contribution < 1.29 is 4.92 Å². The first-order valence-corrected chi connectivity index (χ1v) is 14.5. The fourth-order valence-corrected chi connectivity index (χ4v) is 1.95. The van der Waals surface area contributed by atoms with Crippen molar-refractivity contribution in [3.63, 3.8) is 0 Å². The number of nitro benzene ring substituents is 1. The number of halogens is 4. The van der Waals surface area contributed by atoms with Gasteiger partial charge in [-0.15, -0.1) is 0 Å². The van der Waals surface area contributed by atoms with Crippen LogP contribution in [-0.2, 0) is 0 Å². The standard InChI is InChI=1S/C6H5BrN2O2.C6H7BrN2.2ClH.Sn/c7-4-1-2-5(8)6(3-4)9(10)11;7-4-1-2-5(8)6(9)3-4;;;/h1-3H,8H2;1-3H,8-9H2;2*1H;/q;;;;+2/p-2. The molecule has 0 aromatic heterocycles. The average Bonchev–Trinajstić information content (AvgIpc) is 2.47. The number of nitrogens with two attached hydrogens (primary N) is 3. The van der Waals surface area contributed by atoms with Gasteiger partial charge in [0.15, 0.2) is 0 Å². The van der Waals surface area contributed by atoms with Gasteiger partial charge in [-0.1, -0.05) is 31.9 Å². The summed E-state index contributed by atoms with van der Waals surface area (Å²) in [4.78, 5) is 9.76. The van der Waals surface area contributed by atoms with Gasteiger partial charge < -0.3 is 17.2 Å². The molecule has 0 aliphatic carbocycles. The summed E-state index contributed by atoms with van der Waals surface area (Å²) in [7, 11) is 9.87. The van der Waals surface area contributed by atoms with Crippen molar-refractivity contribution in [3.8, 4) is 0 Å². The average molecular weight is 594 g/mol. The zero-order valence-electron chi connectivity index (χ0n) is 11.5. The van der Waals surface area contributed by atoms with E-state index in [-0.39, 0.29) is 11.4 Å².